The van der Waals surface area contributed by atoms with E-state index < -0.39 is 23.4 Å². The molecule has 1 saturated carbocycles. The van der Waals surface area contributed by atoms with Crippen molar-refractivity contribution in [3.63, 3.8) is 0 Å². The van der Waals surface area contributed by atoms with Crippen LogP contribution in [0.3, 0.4) is 0 Å². The average molecular weight is 509 g/mol. The van der Waals surface area contributed by atoms with E-state index in [0.717, 1.165) is 37.7 Å². The lowest BCUT2D eigenvalue weighted by molar-refractivity contribution is 0.0189. The third-order valence-corrected chi connectivity index (χ3v) is 7.38. The number of esters is 1. The van der Waals surface area contributed by atoms with Crippen LogP contribution in [-0.2, 0) is 17.6 Å². The van der Waals surface area contributed by atoms with Gasteiger partial charge in [0.05, 0.1) is 5.56 Å². The Labute approximate surface area is 217 Å². The van der Waals surface area contributed by atoms with E-state index in [-0.39, 0.29) is 23.1 Å². The number of carbonyl (C=O) groups excluding carboxylic acids is 1. The topological polar surface area (TPSA) is 26.3 Å². The van der Waals surface area contributed by atoms with Crippen LogP contribution >= 0.6 is 0 Å². The summed E-state index contributed by atoms with van der Waals surface area (Å²) in [4.78, 5) is 12.6. The summed E-state index contributed by atoms with van der Waals surface area (Å²) < 4.78 is 50.2. The van der Waals surface area contributed by atoms with Gasteiger partial charge in [0.2, 0.25) is 0 Å². The Morgan fingerprint density at radius 1 is 0.811 bits per heavy atom. The minimum atomic E-state index is -0.827. The van der Waals surface area contributed by atoms with Gasteiger partial charge in [-0.05, 0) is 85.3 Å². The van der Waals surface area contributed by atoms with Crippen LogP contribution in [0.15, 0.2) is 54.6 Å². The molecule has 0 aliphatic heterocycles. The van der Waals surface area contributed by atoms with Crippen LogP contribution in [0.25, 0.3) is 11.1 Å². The first-order valence-corrected chi connectivity index (χ1v) is 13.5. The van der Waals surface area contributed by atoms with E-state index >= 15 is 8.78 Å². The molecule has 0 atom stereocenters. The number of hydrogen-bond donors (Lipinski definition) is 0. The van der Waals surface area contributed by atoms with Gasteiger partial charge in [-0.15, -0.1) is 0 Å². The zero-order chi connectivity index (χ0) is 26.4. The fraction of sp³-hybridized carbons (Fsp3) is 0.406. The minimum absolute atomic E-state index is 0.0613. The van der Waals surface area contributed by atoms with Crippen LogP contribution in [0.5, 0.6) is 0 Å². The highest BCUT2D eigenvalue weighted by molar-refractivity contribution is 5.89. The summed E-state index contributed by atoms with van der Waals surface area (Å²) in [6.45, 7) is 4.18. The molecule has 4 rings (SSSR count). The number of ether oxygens (including phenoxy) is 1. The lowest BCUT2D eigenvalue weighted by Gasteiger charge is -2.29. The first kappa shape index (κ1) is 27.0. The Hall–Kier alpha value is -3.08. The van der Waals surface area contributed by atoms with Crippen LogP contribution < -0.4 is 0 Å². The number of halogens is 3. The maximum absolute atomic E-state index is 15.1. The maximum atomic E-state index is 15.1. The van der Waals surface area contributed by atoms with Crippen LogP contribution in [0.1, 0.15) is 91.8 Å². The van der Waals surface area contributed by atoms with Gasteiger partial charge < -0.3 is 4.74 Å². The normalized spacial score (nSPS) is 17.5. The highest BCUT2D eigenvalue weighted by atomic mass is 19.2. The van der Waals surface area contributed by atoms with E-state index in [4.69, 9.17) is 4.74 Å². The zero-order valence-electron chi connectivity index (χ0n) is 21.7. The standard InChI is InChI=1S/C32H35F3O2/c1-3-5-7-22-10-17-28(29(33)20-22)32(36)37-25-15-13-24(14-16-25)27-19-18-26(30(34)31(27)35)23-11-8-21(6-4-2)9-12-23/h8-12,17-20,24-25H,3-7,13-16H2,1-2H3. The van der Waals surface area contributed by atoms with E-state index in [0.29, 0.717) is 36.8 Å². The molecule has 1 fully saturated rings. The quantitative estimate of drug-likeness (QED) is 0.270. The van der Waals surface area contributed by atoms with Gasteiger partial charge in [0, 0.05) is 5.56 Å². The minimum Gasteiger partial charge on any atom is -0.459 e. The summed E-state index contributed by atoms with van der Waals surface area (Å²) in [5.74, 6) is -3.02. The van der Waals surface area contributed by atoms with Gasteiger partial charge in [-0.3, -0.25) is 0 Å². The molecule has 3 aromatic carbocycles. The number of hydrogen-bond acceptors (Lipinski definition) is 2. The van der Waals surface area contributed by atoms with Gasteiger partial charge in [0.1, 0.15) is 11.9 Å². The number of benzene rings is 3. The van der Waals surface area contributed by atoms with Crippen molar-refractivity contribution in [3.8, 4) is 11.1 Å². The number of unbranched alkanes of at least 4 members (excludes halogenated alkanes) is 1. The van der Waals surface area contributed by atoms with Crippen molar-refractivity contribution < 1.29 is 22.7 Å². The molecule has 0 bridgehead atoms. The predicted molar refractivity (Wildman–Crippen MR) is 141 cm³/mol. The first-order chi connectivity index (χ1) is 17.9. The van der Waals surface area contributed by atoms with Gasteiger partial charge in [-0.1, -0.05) is 69.2 Å². The molecular formula is C32H35F3O2. The van der Waals surface area contributed by atoms with E-state index in [1.807, 2.05) is 24.3 Å². The molecule has 5 heteroatoms. The molecule has 0 saturated heterocycles. The Bertz CT molecular complexity index is 1210. The maximum Gasteiger partial charge on any atom is 0.341 e. The van der Waals surface area contributed by atoms with Gasteiger partial charge >= 0.3 is 5.97 Å². The van der Waals surface area contributed by atoms with Crippen LogP contribution in [0, 0.1) is 17.5 Å². The summed E-state index contributed by atoms with van der Waals surface area (Å²) in [5.41, 5.74) is 3.26. The second-order valence-corrected chi connectivity index (χ2v) is 10.1. The molecule has 3 aromatic rings. The first-order valence-electron chi connectivity index (χ1n) is 13.5. The van der Waals surface area contributed by atoms with E-state index in [1.54, 1.807) is 18.2 Å². The highest BCUT2D eigenvalue weighted by Crippen LogP contribution is 2.38. The molecule has 0 aromatic heterocycles. The molecule has 0 unspecified atom stereocenters. The van der Waals surface area contributed by atoms with Crippen LogP contribution in [0.2, 0.25) is 0 Å². The third kappa shape index (κ3) is 6.44. The molecule has 0 radical (unpaired) electrons. The number of carbonyl (C=O) groups is 1. The SMILES string of the molecule is CCCCc1ccc(C(=O)OC2CCC(c3ccc(-c4ccc(CCC)cc4)c(F)c3F)CC2)c(F)c1. The fourth-order valence-electron chi connectivity index (χ4n) is 5.21. The fourth-order valence-corrected chi connectivity index (χ4v) is 5.21. The third-order valence-electron chi connectivity index (χ3n) is 7.38. The lowest BCUT2D eigenvalue weighted by Crippen LogP contribution is -2.25. The van der Waals surface area contributed by atoms with Crippen molar-refractivity contribution in [1.82, 2.24) is 0 Å². The van der Waals surface area contributed by atoms with Crippen LogP contribution in [-0.4, -0.2) is 12.1 Å². The second-order valence-electron chi connectivity index (χ2n) is 10.1. The van der Waals surface area contributed by atoms with Crippen molar-refractivity contribution in [2.24, 2.45) is 0 Å². The van der Waals surface area contributed by atoms with E-state index in [2.05, 4.69) is 13.8 Å². The summed E-state index contributed by atoms with van der Waals surface area (Å²) in [6.07, 6.45) is 6.55. The van der Waals surface area contributed by atoms with Crippen molar-refractivity contribution in [1.29, 1.82) is 0 Å². The number of rotatable bonds is 9. The summed E-state index contributed by atoms with van der Waals surface area (Å²) >= 11 is 0. The highest BCUT2D eigenvalue weighted by Gasteiger charge is 2.29. The molecule has 37 heavy (non-hydrogen) atoms. The summed E-state index contributed by atoms with van der Waals surface area (Å²) in [5, 5.41) is 0. The largest absolute Gasteiger partial charge is 0.459 e. The second kappa shape index (κ2) is 12.4. The van der Waals surface area contributed by atoms with Crippen LogP contribution in [0.4, 0.5) is 13.2 Å². The molecule has 0 heterocycles. The molecule has 196 valence electrons. The monoisotopic (exact) mass is 508 g/mol. The Morgan fingerprint density at radius 3 is 2.16 bits per heavy atom. The van der Waals surface area contributed by atoms with Crippen molar-refractivity contribution in [3.05, 3.63) is 94.3 Å². The summed E-state index contributed by atoms with van der Waals surface area (Å²) in [6, 6.07) is 15.6. The molecule has 2 nitrogen and oxygen atoms in total. The van der Waals surface area contributed by atoms with Gasteiger partial charge in [-0.25, -0.2) is 18.0 Å². The smallest absolute Gasteiger partial charge is 0.341 e. The van der Waals surface area contributed by atoms with Crippen molar-refractivity contribution in [2.75, 3.05) is 0 Å². The van der Waals surface area contributed by atoms with Crippen molar-refractivity contribution in [2.45, 2.75) is 83.7 Å². The predicted octanol–water partition coefficient (Wildman–Crippen LogP) is 8.95. The lowest BCUT2D eigenvalue weighted by atomic mass is 9.82. The van der Waals surface area contributed by atoms with Gasteiger partial charge in [-0.2, -0.15) is 0 Å². The van der Waals surface area contributed by atoms with E-state index in [9.17, 15) is 9.18 Å². The Balaban J connectivity index is 1.37. The molecule has 0 N–H and O–H groups in total. The molecule has 0 spiro atoms. The Kier molecular flexibility index (Phi) is 9.07. The molecular weight excluding hydrogens is 473 g/mol. The van der Waals surface area contributed by atoms with Gasteiger partial charge in [0.25, 0.3) is 0 Å². The molecule has 1 aliphatic carbocycles. The van der Waals surface area contributed by atoms with E-state index in [1.165, 1.54) is 17.7 Å². The average Bonchev–Trinajstić information content (AvgIpc) is 2.90. The molecule has 0 amide bonds. The zero-order valence-corrected chi connectivity index (χ0v) is 21.7. The summed E-state index contributed by atoms with van der Waals surface area (Å²) in [7, 11) is 0. The van der Waals surface area contributed by atoms with Crippen molar-refractivity contribution >= 4 is 5.97 Å². The molecule has 1 aliphatic rings. The van der Waals surface area contributed by atoms with Gasteiger partial charge in [0.15, 0.2) is 11.6 Å². The Morgan fingerprint density at radius 2 is 1.51 bits per heavy atom. The number of aryl methyl sites for hydroxylation is 2.